The molecule has 0 radical (unpaired) electrons. The number of amides is 2. The Morgan fingerprint density at radius 2 is 1.82 bits per heavy atom. The van der Waals surface area contributed by atoms with Gasteiger partial charge in [0.05, 0.1) is 6.21 Å². The summed E-state index contributed by atoms with van der Waals surface area (Å²) in [6, 6.07) is 17.5. The standard InChI is InChI=1S/C24H19Cl2N3O5/c25-18-7-6-17(19(26)10-18)13-32-20-4-2-1-3-16(20)12-28-29-24(31)23(30)27-11-15-5-8-21-22(9-15)34-14-33-21/h1-10,12H,11,13-14H2,(H,27,30)(H,29,31)/b28-12-. The van der Waals surface area contributed by atoms with E-state index in [0.717, 1.165) is 11.1 Å². The van der Waals surface area contributed by atoms with E-state index < -0.39 is 11.8 Å². The molecule has 4 rings (SSSR count). The Labute approximate surface area is 205 Å². The van der Waals surface area contributed by atoms with E-state index in [0.29, 0.717) is 32.9 Å². The van der Waals surface area contributed by atoms with Gasteiger partial charge in [-0.25, -0.2) is 5.43 Å². The predicted molar refractivity (Wildman–Crippen MR) is 127 cm³/mol. The SMILES string of the molecule is O=C(NCc1ccc2c(c1)OCO2)C(=O)N/N=C\c1ccccc1OCc1ccc(Cl)cc1Cl. The van der Waals surface area contributed by atoms with Crippen LogP contribution in [0.1, 0.15) is 16.7 Å². The van der Waals surface area contributed by atoms with Crippen LogP contribution in [-0.4, -0.2) is 24.8 Å². The maximum atomic E-state index is 12.1. The number of para-hydroxylation sites is 1. The van der Waals surface area contributed by atoms with Gasteiger partial charge in [0, 0.05) is 27.7 Å². The zero-order valence-electron chi connectivity index (χ0n) is 17.7. The molecule has 8 nitrogen and oxygen atoms in total. The molecule has 2 amide bonds. The molecule has 34 heavy (non-hydrogen) atoms. The number of benzene rings is 3. The molecule has 0 spiro atoms. The van der Waals surface area contributed by atoms with Crippen LogP contribution in [0.3, 0.4) is 0 Å². The molecule has 1 aliphatic rings. The number of halogens is 2. The van der Waals surface area contributed by atoms with Gasteiger partial charge >= 0.3 is 11.8 Å². The minimum Gasteiger partial charge on any atom is -0.488 e. The average Bonchev–Trinajstić information content (AvgIpc) is 3.30. The molecular formula is C24H19Cl2N3O5. The van der Waals surface area contributed by atoms with E-state index in [1.807, 2.05) is 0 Å². The normalized spacial score (nSPS) is 11.9. The minimum absolute atomic E-state index is 0.149. The molecule has 0 saturated carbocycles. The fourth-order valence-corrected chi connectivity index (χ4v) is 3.50. The second-order valence-corrected chi connectivity index (χ2v) is 7.98. The molecule has 0 saturated heterocycles. The number of nitrogens with zero attached hydrogens (tertiary/aromatic N) is 1. The summed E-state index contributed by atoms with van der Waals surface area (Å²) in [6.07, 6.45) is 1.39. The summed E-state index contributed by atoms with van der Waals surface area (Å²) < 4.78 is 16.4. The molecule has 2 N–H and O–H groups in total. The van der Waals surface area contributed by atoms with Gasteiger partial charge in [-0.05, 0) is 42.0 Å². The van der Waals surface area contributed by atoms with Crippen molar-refractivity contribution in [3.05, 3.63) is 87.4 Å². The number of hydrogen-bond donors (Lipinski definition) is 2. The van der Waals surface area contributed by atoms with Gasteiger partial charge in [-0.2, -0.15) is 5.10 Å². The summed E-state index contributed by atoms with van der Waals surface area (Å²) in [5, 5.41) is 7.43. The van der Waals surface area contributed by atoms with Gasteiger partial charge in [0.15, 0.2) is 11.5 Å². The average molecular weight is 500 g/mol. The van der Waals surface area contributed by atoms with E-state index in [9.17, 15) is 9.59 Å². The first-order chi connectivity index (χ1) is 16.5. The van der Waals surface area contributed by atoms with Crippen molar-refractivity contribution >= 4 is 41.2 Å². The van der Waals surface area contributed by atoms with Gasteiger partial charge < -0.3 is 19.5 Å². The highest BCUT2D eigenvalue weighted by molar-refractivity contribution is 6.35. The lowest BCUT2D eigenvalue weighted by Crippen LogP contribution is -2.37. The van der Waals surface area contributed by atoms with Crippen LogP contribution in [0.25, 0.3) is 0 Å². The molecule has 1 aliphatic heterocycles. The lowest BCUT2D eigenvalue weighted by molar-refractivity contribution is -0.139. The van der Waals surface area contributed by atoms with Crippen molar-refractivity contribution < 1.29 is 23.8 Å². The second-order valence-electron chi connectivity index (χ2n) is 7.13. The lowest BCUT2D eigenvalue weighted by atomic mass is 10.2. The Bertz CT molecular complexity index is 1250. The zero-order valence-corrected chi connectivity index (χ0v) is 19.2. The predicted octanol–water partition coefficient (Wildman–Crippen LogP) is 4.07. The number of rotatable bonds is 7. The van der Waals surface area contributed by atoms with Crippen LogP contribution in [0.2, 0.25) is 10.0 Å². The van der Waals surface area contributed by atoms with Crippen molar-refractivity contribution in [2.24, 2.45) is 5.10 Å². The van der Waals surface area contributed by atoms with E-state index in [1.54, 1.807) is 60.7 Å². The largest absolute Gasteiger partial charge is 0.488 e. The van der Waals surface area contributed by atoms with E-state index in [4.69, 9.17) is 37.4 Å². The molecule has 0 aromatic heterocycles. The first-order valence-electron chi connectivity index (χ1n) is 10.1. The minimum atomic E-state index is -0.900. The molecule has 0 bridgehead atoms. The van der Waals surface area contributed by atoms with Gasteiger partial charge in [-0.15, -0.1) is 0 Å². The number of nitrogens with one attached hydrogen (secondary N) is 2. The Morgan fingerprint density at radius 1 is 1.00 bits per heavy atom. The van der Waals surface area contributed by atoms with Gasteiger partial charge in [-0.3, -0.25) is 9.59 Å². The van der Waals surface area contributed by atoms with E-state index in [1.165, 1.54) is 6.21 Å². The summed E-state index contributed by atoms with van der Waals surface area (Å²) in [4.78, 5) is 24.1. The quantitative estimate of drug-likeness (QED) is 0.290. The second kappa shape index (κ2) is 10.9. The highest BCUT2D eigenvalue weighted by Crippen LogP contribution is 2.32. The third kappa shape index (κ3) is 5.98. The van der Waals surface area contributed by atoms with Crippen LogP contribution in [-0.2, 0) is 22.7 Å². The lowest BCUT2D eigenvalue weighted by Gasteiger charge is -2.10. The maximum absolute atomic E-state index is 12.1. The molecule has 3 aromatic rings. The van der Waals surface area contributed by atoms with Crippen molar-refractivity contribution in [2.75, 3.05) is 6.79 Å². The third-order valence-electron chi connectivity index (χ3n) is 4.78. The van der Waals surface area contributed by atoms with Crippen LogP contribution in [0.15, 0.2) is 65.8 Å². The maximum Gasteiger partial charge on any atom is 0.329 e. The number of hydrazone groups is 1. The molecule has 1 heterocycles. The molecule has 0 fully saturated rings. The highest BCUT2D eigenvalue weighted by atomic mass is 35.5. The Hall–Kier alpha value is -3.75. The van der Waals surface area contributed by atoms with E-state index in [2.05, 4.69) is 15.8 Å². The van der Waals surface area contributed by atoms with Crippen molar-refractivity contribution in [1.29, 1.82) is 0 Å². The fourth-order valence-electron chi connectivity index (χ4n) is 3.04. The number of carbonyl (C=O) groups excluding carboxylic acids is 2. The van der Waals surface area contributed by atoms with Gasteiger partial charge in [-0.1, -0.05) is 47.5 Å². The van der Waals surface area contributed by atoms with Crippen LogP contribution in [0.5, 0.6) is 17.2 Å². The van der Waals surface area contributed by atoms with Crippen LogP contribution < -0.4 is 25.0 Å². The van der Waals surface area contributed by atoms with Crippen LogP contribution in [0, 0.1) is 0 Å². The summed E-state index contributed by atoms with van der Waals surface area (Å²) in [6.45, 7) is 0.528. The Balaban J connectivity index is 1.29. The molecule has 0 atom stereocenters. The Kier molecular flexibility index (Phi) is 7.51. The topological polar surface area (TPSA) is 98.2 Å². The summed E-state index contributed by atoms with van der Waals surface area (Å²) >= 11 is 12.1. The van der Waals surface area contributed by atoms with Crippen molar-refractivity contribution in [1.82, 2.24) is 10.7 Å². The molecule has 0 unspecified atom stereocenters. The fraction of sp³-hybridized carbons (Fsp3) is 0.125. The van der Waals surface area contributed by atoms with Crippen LogP contribution in [0.4, 0.5) is 0 Å². The summed E-state index contributed by atoms with van der Waals surface area (Å²) in [5.41, 5.74) is 4.35. The van der Waals surface area contributed by atoms with Crippen LogP contribution >= 0.6 is 23.2 Å². The number of hydrogen-bond acceptors (Lipinski definition) is 6. The monoisotopic (exact) mass is 499 g/mol. The summed E-state index contributed by atoms with van der Waals surface area (Å²) in [7, 11) is 0. The first kappa shape index (κ1) is 23.4. The van der Waals surface area contributed by atoms with Crippen molar-refractivity contribution in [3.63, 3.8) is 0 Å². The number of carbonyl (C=O) groups is 2. The smallest absolute Gasteiger partial charge is 0.329 e. The number of ether oxygens (including phenoxy) is 3. The van der Waals surface area contributed by atoms with Gasteiger partial charge in [0.1, 0.15) is 12.4 Å². The first-order valence-corrected chi connectivity index (χ1v) is 10.9. The highest BCUT2D eigenvalue weighted by Gasteiger charge is 2.15. The van der Waals surface area contributed by atoms with Gasteiger partial charge in [0.2, 0.25) is 6.79 Å². The zero-order chi connectivity index (χ0) is 23.9. The molecule has 0 aliphatic carbocycles. The summed E-state index contributed by atoms with van der Waals surface area (Å²) in [5.74, 6) is 0.0431. The van der Waals surface area contributed by atoms with E-state index in [-0.39, 0.29) is 19.9 Å². The number of fused-ring (bicyclic) bond motifs is 1. The third-order valence-corrected chi connectivity index (χ3v) is 5.37. The van der Waals surface area contributed by atoms with Crippen molar-refractivity contribution in [2.45, 2.75) is 13.2 Å². The Morgan fingerprint density at radius 3 is 2.68 bits per heavy atom. The van der Waals surface area contributed by atoms with Crippen molar-refractivity contribution in [3.8, 4) is 17.2 Å². The van der Waals surface area contributed by atoms with Gasteiger partial charge in [0.25, 0.3) is 0 Å². The van der Waals surface area contributed by atoms with E-state index >= 15 is 0 Å². The molecule has 10 heteroatoms. The molecular weight excluding hydrogens is 481 g/mol. The molecule has 174 valence electrons. The molecule has 3 aromatic carbocycles.